The summed E-state index contributed by atoms with van der Waals surface area (Å²) < 4.78 is 14.0. The highest BCUT2D eigenvalue weighted by atomic mass is 35.5. The summed E-state index contributed by atoms with van der Waals surface area (Å²) >= 11 is 5.78. The summed E-state index contributed by atoms with van der Waals surface area (Å²) in [7, 11) is 0. The Morgan fingerprint density at radius 1 is 1.22 bits per heavy atom. The van der Waals surface area contributed by atoms with Gasteiger partial charge in [0, 0.05) is 43.6 Å². The Balaban J connectivity index is 1.85. The topological polar surface area (TPSA) is 69.6 Å². The Hall–Kier alpha value is -2.41. The van der Waals surface area contributed by atoms with Crippen LogP contribution >= 0.6 is 11.6 Å². The smallest absolute Gasteiger partial charge is 0.407 e. The van der Waals surface area contributed by atoms with Crippen molar-refractivity contribution in [3.8, 4) is 11.3 Å². The molecule has 8 heteroatoms. The predicted octanol–water partition coefficient (Wildman–Crippen LogP) is 2.74. The third kappa shape index (κ3) is 3.50. The number of nitrogens with zero attached hydrogens (tertiary/aromatic N) is 4. The third-order valence-corrected chi connectivity index (χ3v) is 3.90. The fraction of sp³-hybridized carbons (Fsp3) is 0.267. The number of piperazine rings is 1. The van der Waals surface area contributed by atoms with Gasteiger partial charge in [-0.05, 0) is 35.9 Å². The van der Waals surface area contributed by atoms with Crippen molar-refractivity contribution in [3.05, 3.63) is 41.6 Å². The number of halogens is 2. The fourth-order valence-electron chi connectivity index (χ4n) is 2.56. The lowest BCUT2D eigenvalue weighted by molar-refractivity contribution is 0.142. The van der Waals surface area contributed by atoms with Crippen LogP contribution in [0, 0.1) is 5.82 Å². The van der Waals surface area contributed by atoms with Gasteiger partial charge in [0.2, 0.25) is 5.28 Å². The van der Waals surface area contributed by atoms with Gasteiger partial charge in [0.25, 0.3) is 0 Å². The van der Waals surface area contributed by atoms with Crippen LogP contribution in [0.2, 0.25) is 5.28 Å². The van der Waals surface area contributed by atoms with Gasteiger partial charge in [-0.1, -0.05) is 0 Å². The summed E-state index contributed by atoms with van der Waals surface area (Å²) in [5.41, 5.74) is 1.83. The monoisotopic (exact) mass is 336 g/mol. The molecule has 0 aliphatic carbocycles. The normalized spacial score (nSPS) is 14.9. The Morgan fingerprint density at radius 2 is 1.96 bits per heavy atom. The Labute approximate surface area is 137 Å². The van der Waals surface area contributed by atoms with Crippen LogP contribution in [-0.2, 0) is 0 Å². The second-order valence-corrected chi connectivity index (χ2v) is 5.50. The van der Waals surface area contributed by atoms with E-state index in [1.54, 1.807) is 6.07 Å². The summed E-state index contributed by atoms with van der Waals surface area (Å²) in [6.45, 7) is 1.81. The molecule has 0 unspecified atom stereocenters. The van der Waals surface area contributed by atoms with Crippen molar-refractivity contribution in [2.75, 3.05) is 31.1 Å². The first kappa shape index (κ1) is 15.5. The van der Waals surface area contributed by atoms with E-state index in [9.17, 15) is 9.18 Å². The number of amides is 1. The number of benzene rings is 1. The highest BCUT2D eigenvalue weighted by molar-refractivity contribution is 6.28. The molecule has 6 nitrogen and oxygen atoms in total. The largest absolute Gasteiger partial charge is 0.465 e. The van der Waals surface area contributed by atoms with E-state index in [2.05, 4.69) is 9.97 Å². The van der Waals surface area contributed by atoms with Gasteiger partial charge in [-0.3, -0.25) is 0 Å². The predicted molar refractivity (Wildman–Crippen MR) is 84.2 cm³/mol. The third-order valence-electron chi connectivity index (χ3n) is 3.72. The van der Waals surface area contributed by atoms with E-state index in [0.717, 1.165) is 0 Å². The molecule has 1 aliphatic heterocycles. The molecule has 0 atom stereocenters. The minimum absolute atomic E-state index is 0.100. The standard InChI is InChI=1S/C15H14ClFN4O2/c16-14-18-2-1-13(19-14)10-7-11(17)9-12(8-10)20-3-5-21(6-4-20)15(22)23/h1-2,7-9H,3-6H2,(H,22,23). The van der Waals surface area contributed by atoms with Gasteiger partial charge in [-0.25, -0.2) is 19.2 Å². The van der Waals surface area contributed by atoms with E-state index in [1.165, 1.54) is 23.2 Å². The quantitative estimate of drug-likeness (QED) is 0.854. The van der Waals surface area contributed by atoms with E-state index in [1.807, 2.05) is 11.0 Å². The lowest BCUT2D eigenvalue weighted by atomic mass is 10.1. The van der Waals surface area contributed by atoms with E-state index >= 15 is 0 Å². The maximum absolute atomic E-state index is 14.0. The van der Waals surface area contributed by atoms with Crippen molar-refractivity contribution >= 4 is 23.4 Å². The summed E-state index contributed by atoms with van der Waals surface area (Å²) in [6, 6.07) is 6.29. The van der Waals surface area contributed by atoms with Crippen molar-refractivity contribution < 1.29 is 14.3 Å². The minimum atomic E-state index is -0.930. The molecule has 23 heavy (non-hydrogen) atoms. The zero-order chi connectivity index (χ0) is 16.4. The van der Waals surface area contributed by atoms with Crippen LogP contribution in [0.4, 0.5) is 14.9 Å². The molecule has 1 aromatic carbocycles. The molecule has 1 saturated heterocycles. The van der Waals surface area contributed by atoms with Crippen molar-refractivity contribution in [2.45, 2.75) is 0 Å². The molecule has 1 aliphatic rings. The number of rotatable bonds is 2. The second-order valence-electron chi connectivity index (χ2n) is 5.17. The summed E-state index contributed by atoms with van der Waals surface area (Å²) in [4.78, 5) is 22.1. The van der Waals surface area contributed by atoms with E-state index < -0.39 is 6.09 Å². The summed E-state index contributed by atoms with van der Waals surface area (Å²) in [6.07, 6.45) is 0.584. The van der Waals surface area contributed by atoms with Gasteiger partial charge < -0.3 is 14.9 Å². The average molecular weight is 337 g/mol. The fourth-order valence-corrected chi connectivity index (χ4v) is 2.70. The molecule has 0 spiro atoms. The minimum Gasteiger partial charge on any atom is -0.465 e. The number of carbonyl (C=O) groups is 1. The molecule has 1 aromatic heterocycles. The molecule has 3 rings (SSSR count). The zero-order valence-corrected chi connectivity index (χ0v) is 12.9. The molecule has 1 N–H and O–H groups in total. The van der Waals surface area contributed by atoms with Gasteiger partial charge in [-0.15, -0.1) is 0 Å². The van der Waals surface area contributed by atoms with Gasteiger partial charge >= 0.3 is 6.09 Å². The molecule has 2 heterocycles. The number of anilines is 1. The number of hydrogen-bond donors (Lipinski definition) is 1. The van der Waals surface area contributed by atoms with E-state index in [-0.39, 0.29) is 11.1 Å². The first-order valence-electron chi connectivity index (χ1n) is 7.05. The van der Waals surface area contributed by atoms with Gasteiger partial charge in [0.05, 0.1) is 5.69 Å². The average Bonchev–Trinajstić information content (AvgIpc) is 2.54. The number of carboxylic acid groups (broad SMARTS) is 1. The summed E-state index contributed by atoms with van der Waals surface area (Å²) in [5.74, 6) is -0.382. The molecule has 1 fully saturated rings. The van der Waals surface area contributed by atoms with Crippen LogP contribution < -0.4 is 4.90 Å². The highest BCUT2D eigenvalue weighted by Crippen LogP contribution is 2.26. The number of aromatic nitrogens is 2. The first-order chi connectivity index (χ1) is 11.0. The summed E-state index contributed by atoms with van der Waals surface area (Å²) in [5, 5.41) is 9.08. The lowest BCUT2D eigenvalue weighted by Gasteiger charge is -2.34. The SMILES string of the molecule is O=C(O)N1CCN(c2cc(F)cc(-c3ccnc(Cl)n3)c2)CC1. The first-order valence-corrected chi connectivity index (χ1v) is 7.43. The Morgan fingerprint density at radius 3 is 2.61 bits per heavy atom. The Kier molecular flexibility index (Phi) is 4.29. The molecule has 0 radical (unpaired) electrons. The van der Waals surface area contributed by atoms with Crippen LogP contribution in [0.15, 0.2) is 30.5 Å². The molecular weight excluding hydrogens is 323 g/mol. The van der Waals surface area contributed by atoms with Gasteiger partial charge in [0.1, 0.15) is 5.82 Å². The molecule has 1 amide bonds. The maximum Gasteiger partial charge on any atom is 0.407 e. The van der Waals surface area contributed by atoms with Crippen LogP contribution in [-0.4, -0.2) is 52.2 Å². The zero-order valence-electron chi connectivity index (χ0n) is 12.1. The second kappa shape index (κ2) is 6.37. The van der Waals surface area contributed by atoms with Gasteiger partial charge in [-0.2, -0.15) is 0 Å². The molecule has 0 saturated carbocycles. The lowest BCUT2D eigenvalue weighted by Crippen LogP contribution is -2.48. The molecule has 0 bridgehead atoms. The van der Waals surface area contributed by atoms with Crippen LogP contribution in [0.5, 0.6) is 0 Å². The van der Waals surface area contributed by atoms with E-state index in [0.29, 0.717) is 43.1 Å². The van der Waals surface area contributed by atoms with Crippen molar-refractivity contribution in [1.29, 1.82) is 0 Å². The van der Waals surface area contributed by atoms with Gasteiger partial charge in [0.15, 0.2) is 0 Å². The van der Waals surface area contributed by atoms with Crippen molar-refractivity contribution in [2.24, 2.45) is 0 Å². The van der Waals surface area contributed by atoms with Crippen molar-refractivity contribution in [3.63, 3.8) is 0 Å². The highest BCUT2D eigenvalue weighted by Gasteiger charge is 2.21. The van der Waals surface area contributed by atoms with Crippen LogP contribution in [0.25, 0.3) is 11.3 Å². The number of hydrogen-bond acceptors (Lipinski definition) is 4. The van der Waals surface area contributed by atoms with Crippen molar-refractivity contribution in [1.82, 2.24) is 14.9 Å². The molecule has 120 valence electrons. The molecular formula is C15H14ClFN4O2. The maximum atomic E-state index is 14.0. The molecule has 2 aromatic rings. The van der Waals surface area contributed by atoms with Crippen LogP contribution in [0.3, 0.4) is 0 Å². The Bertz CT molecular complexity index is 735. The van der Waals surface area contributed by atoms with E-state index in [4.69, 9.17) is 16.7 Å². The van der Waals surface area contributed by atoms with Crippen LogP contribution in [0.1, 0.15) is 0 Å².